The lowest BCUT2D eigenvalue weighted by atomic mass is 10.3. The van der Waals surface area contributed by atoms with E-state index in [4.69, 9.17) is 16.3 Å². The molecular weight excluding hydrogens is 412 g/mol. The number of amides is 1. The van der Waals surface area contributed by atoms with E-state index < -0.39 is 0 Å². The van der Waals surface area contributed by atoms with Gasteiger partial charge in [-0.3, -0.25) is 9.48 Å². The van der Waals surface area contributed by atoms with Crippen LogP contribution in [-0.2, 0) is 25.5 Å². The van der Waals surface area contributed by atoms with Gasteiger partial charge in [-0.05, 0) is 45.0 Å². The van der Waals surface area contributed by atoms with E-state index in [2.05, 4.69) is 20.6 Å². The molecule has 0 fully saturated rings. The predicted molar refractivity (Wildman–Crippen MR) is 113 cm³/mol. The van der Waals surface area contributed by atoms with Crippen molar-refractivity contribution < 1.29 is 9.53 Å². The SMILES string of the molecule is Cc1nn(C)c(C)c1NC(=O)[C@@H](C)Sc1nnc(COc2ccc(Cl)cc2)n1C. The van der Waals surface area contributed by atoms with E-state index in [9.17, 15) is 4.79 Å². The molecular formula is C19H23ClN6O2S. The molecule has 2 heterocycles. The van der Waals surface area contributed by atoms with E-state index >= 15 is 0 Å². The van der Waals surface area contributed by atoms with Crippen molar-refractivity contribution in [2.75, 3.05) is 5.32 Å². The molecule has 10 heteroatoms. The number of nitrogens with one attached hydrogen (secondary N) is 1. The summed E-state index contributed by atoms with van der Waals surface area (Å²) in [6, 6.07) is 7.12. The number of rotatable bonds is 7. The van der Waals surface area contributed by atoms with Crippen molar-refractivity contribution in [1.29, 1.82) is 0 Å². The number of nitrogens with zero attached hydrogens (tertiary/aromatic N) is 5. The van der Waals surface area contributed by atoms with Crippen LogP contribution in [0.4, 0.5) is 5.69 Å². The van der Waals surface area contributed by atoms with Crippen LogP contribution < -0.4 is 10.1 Å². The van der Waals surface area contributed by atoms with E-state index in [0.717, 1.165) is 17.1 Å². The Hall–Kier alpha value is -2.52. The second kappa shape index (κ2) is 8.87. The van der Waals surface area contributed by atoms with Gasteiger partial charge in [0.05, 0.1) is 22.3 Å². The number of aryl methyl sites for hydroxylation is 2. The molecule has 2 aromatic heterocycles. The van der Waals surface area contributed by atoms with E-state index in [1.165, 1.54) is 11.8 Å². The minimum absolute atomic E-state index is 0.115. The Morgan fingerprint density at radius 2 is 1.93 bits per heavy atom. The molecule has 8 nitrogen and oxygen atoms in total. The number of ether oxygens (including phenoxy) is 1. The van der Waals surface area contributed by atoms with Gasteiger partial charge in [-0.25, -0.2) is 0 Å². The van der Waals surface area contributed by atoms with Gasteiger partial charge in [-0.2, -0.15) is 5.10 Å². The summed E-state index contributed by atoms with van der Waals surface area (Å²) in [5.74, 6) is 1.24. The van der Waals surface area contributed by atoms with Gasteiger partial charge in [0.1, 0.15) is 12.4 Å². The van der Waals surface area contributed by atoms with Crippen molar-refractivity contribution >= 4 is 35.0 Å². The molecule has 154 valence electrons. The van der Waals surface area contributed by atoms with Crippen LogP contribution in [0.1, 0.15) is 24.1 Å². The quantitative estimate of drug-likeness (QED) is 0.572. The largest absolute Gasteiger partial charge is 0.486 e. The first-order chi connectivity index (χ1) is 13.8. The number of hydrogen-bond donors (Lipinski definition) is 1. The lowest BCUT2D eigenvalue weighted by Crippen LogP contribution is -2.23. The molecule has 0 bridgehead atoms. The Morgan fingerprint density at radius 3 is 2.55 bits per heavy atom. The van der Waals surface area contributed by atoms with Crippen LogP contribution >= 0.6 is 23.4 Å². The number of anilines is 1. The van der Waals surface area contributed by atoms with Crippen LogP contribution in [0.15, 0.2) is 29.4 Å². The Morgan fingerprint density at radius 1 is 1.24 bits per heavy atom. The Bertz CT molecular complexity index is 1010. The zero-order valence-corrected chi connectivity index (χ0v) is 18.5. The highest BCUT2D eigenvalue weighted by Gasteiger charge is 2.21. The molecule has 0 spiro atoms. The molecule has 3 rings (SSSR count). The monoisotopic (exact) mass is 434 g/mol. The fourth-order valence-corrected chi connectivity index (χ4v) is 3.60. The summed E-state index contributed by atoms with van der Waals surface area (Å²) in [6.45, 7) is 5.89. The molecule has 29 heavy (non-hydrogen) atoms. The van der Waals surface area contributed by atoms with Gasteiger partial charge < -0.3 is 14.6 Å². The van der Waals surface area contributed by atoms with Gasteiger partial charge in [0.25, 0.3) is 0 Å². The summed E-state index contributed by atoms with van der Waals surface area (Å²) in [7, 11) is 3.70. The number of carbonyl (C=O) groups is 1. The van der Waals surface area contributed by atoms with Crippen molar-refractivity contribution in [3.8, 4) is 5.75 Å². The molecule has 0 saturated heterocycles. The third-order valence-corrected chi connectivity index (χ3v) is 5.90. The number of halogens is 1. The average Bonchev–Trinajstić information content (AvgIpc) is 3.15. The molecule has 1 aromatic carbocycles. The summed E-state index contributed by atoms with van der Waals surface area (Å²) in [4.78, 5) is 12.6. The summed E-state index contributed by atoms with van der Waals surface area (Å²) in [5.41, 5.74) is 2.45. The molecule has 0 aliphatic carbocycles. The third-order valence-electron chi connectivity index (χ3n) is 4.52. The molecule has 0 aliphatic rings. The van der Waals surface area contributed by atoms with Gasteiger partial charge in [0, 0.05) is 19.1 Å². The van der Waals surface area contributed by atoms with Gasteiger partial charge in [0.15, 0.2) is 11.0 Å². The molecule has 1 N–H and O–H groups in total. The highest BCUT2D eigenvalue weighted by Crippen LogP contribution is 2.25. The van der Waals surface area contributed by atoms with E-state index in [1.54, 1.807) is 28.9 Å². The minimum atomic E-state index is -0.359. The fourth-order valence-electron chi connectivity index (χ4n) is 2.64. The zero-order chi connectivity index (χ0) is 21.1. The molecule has 0 radical (unpaired) electrons. The van der Waals surface area contributed by atoms with Crippen LogP contribution in [0.2, 0.25) is 5.02 Å². The maximum Gasteiger partial charge on any atom is 0.237 e. The average molecular weight is 435 g/mol. The number of hydrogen-bond acceptors (Lipinski definition) is 6. The highest BCUT2D eigenvalue weighted by molar-refractivity contribution is 8.00. The molecule has 3 aromatic rings. The lowest BCUT2D eigenvalue weighted by Gasteiger charge is -2.12. The first-order valence-electron chi connectivity index (χ1n) is 9.00. The van der Waals surface area contributed by atoms with Crippen LogP contribution in [-0.4, -0.2) is 35.7 Å². The summed E-state index contributed by atoms with van der Waals surface area (Å²) < 4.78 is 9.29. The number of carbonyl (C=O) groups excluding carboxylic acids is 1. The Balaban J connectivity index is 1.61. The summed E-state index contributed by atoms with van der Waals surface area (Å²) >= 11 is 7.22. The van der Waals surface area contributed by atoms with Gasteiger partial charge in [-0.15, -0.1) is 10.2 Å². The smallest absolute Gasteiger partial charge is 0.237 e. The maximum absolute atomic E-state index is 12.6. The molecule has 1 amide bonds. The summed E-state index contributed by atoms with van der Waals surface area (Å²) in [6.07, 6.45) is 0. The maximum atomic E-state index is 12.6. The Kier molecular flexibility index (Phi) is 6.49. The first kappa shape index (κ1) is 21.2. The molecule has 0 unspecified atom stereocenters. The number of benzene rings is 1. The van der Waals surface area contributed by atoms with Crippen molar-refractivity contribution in [2.45, 2.75) is 37.8 Å². The van der Waals surface area contributed by atoms with Crippen LogP contribution in [0.3, 0.4) is 0 Å². The fraction of sp³-hybridized carbons (Fsp3) is 0.368. The standard InChI is InChI=1S/C19H23ClN6O2S/c1-11-17(12(2)26(5)24-11)21-18(27)13(3)29-19-23-22-16(25(19)4)10-28-15-8-6-14(20)7-9-15/h6-9,13H,10H2,1-5H3,(H,21,27)/t13-/m1/s1. The topological polar surface area (TPSA) is 86.9 Å². The number of aromatic nitrogens is 5. The molecule has 1 atom stereocenters. The van der Waals surface area contributed by atoms with Gasteiger partial charge in [0.2, 0.25) is 5.91 Å². The minimum Gasteiger partial charge on any atom is -0.486 e. The van der Waals surface area contributed by atoms with Gasteiger partial charge in [-0.1, -0.05) is 23.4 Å². The molecule has 0 saturated carbocycles. The second-order valence-corrected chi connectivity index (χ2v) is 8.36. The third kappa shape index (κ3) is 4.91. The van der Waals surface area contributed by atoms with Crippen LogP contribution in [0.25, 0.3) is 0 Å². The van der Waals surface area contributed by atoms with E-state index in [1.807, 2.05) is 39.4 Å². The zero-order valence-electron chi connectivity index (χ0n) is 16.9. The second-order valence-electron chi connectivity index (χ2n) is 6.62. The predicted octanol–water partition coefficient (Wildman–Crippen LogP) is 3.52. The number of thioether (sulfide) groups is 1. The van der Waals surface area contributed by atoms with Crippen molar-refractivity contribution in [3.63, 3.8) is 0 Å². The summed E-state index contributed by atoms with van der Waals surface area (Å²) in [5, 5.41) is 16.6. The normalized spacial score (nSPS) is 12.1. The van der Waals surface area contributed by atoms with Crippen molar-refractivity contribution in [3.05, 3.63) is 46.5 Å². The van der Waals surface area contributed by atoms with Crippen LogP contribution in [0, 0.1) is 13.8 Å². The van der Waals surface area contributed by atoms with E-state index in [0.29, 0.717) is 21.8 Å². The van der Waals surface area contributed by atoms with Crippen molar-refractivity contribution in [2.24, 2.45) is 14.1 Å². The van der Waals surface area contributed by atoms with Crippen molar-refractivity contribution in [1.82, 2.24) is 24.5 Å². The van der Waals surface area contributed by atoms with E-state index in [-0.39, 0.29) is 17.8 Å². The Labute approximate surface area is 178 Å². The first-order valence-corrected chi connectivity index (χ1v) is 10.3. The highest BCUT2D eigenvalue weighted by atomic mass is 35.5. The molecule has 0 aliphatic heterocycles. The lowest BCUT2D eigenvalue weighted by molar-refractivity contribution is -0.115. The van der Waals surface area contributed by atoms with Crippen LogP contribution in [0.5, 0.6) is 5.75 Å². The van der Waals surface area contributed by atoms with Gasteiger partial charge >= 0.3 is 0 Å².